The summed E-state index contributed by atoms with van der Waals surface area (Å²) >= 11 is 0. The Bertz CT molecular complexity index is 1510. The van der Waals surface area contributed by atoms with Crippen LogP contribution in [0.25, 0.3) is 5.82 Å². The number of nitrogens with one attached hydrogen (secondary N) is 1. The Labute approximate surface area is 218 Å². The average Bonchev–Trinajstić information content (AvgIpc) is 3.24. The summed E-state index contributed by atoms with van der Waals surface area (Å²) in [6.07, 6.45) is -7.95. The first-order valence-corrected chi connectivity index (χ1v) is 13.1. The van der Waals surface area contributed by atoms with Crippen LogP contribution in [0, 0.1) is 6.92 Å². The molecule has 3 rings (SSSR count). The summed E-state index contributed by atoms with van der Waals surface area (Å²) < 4.78 is 96.1. The molecule has 2 amide bonds. The van der Waals surface area contributed by atoms with Gasteiger partial charge in [-0.05, 0) is 32.0 Å². The summed E-state index contributed by atoms with van der Waals surface area (Å²) in [6.45, 7) is 4.44. The number of rotatable bonds is 6. The molecule has 210 valence electrons. The Morgan fingerprint density at radius 1 is 1.05 bits per heavy atom. The number of carbonyl (C=O) groups excluding carboxylic acids is 2. The Kier molecular flexibility index (Phi) is 8.14. The minimum Gasteiger partial charge on any atom is -0.342 e. The van der Waals surface area contributed by atoms with Gasteiger partial charge in [0.05, 0.1) is 26.9 Å². The van der Waals surface area contributed by atoms with Crippen molar-refractivity contribution < 1.29 is 40.1 Å². The first-order valence-electron chi connectivity index (χ1n) is 11.0. The van der Waals surface area contributed by atoms with Crippen LogP contribution in [0.2, 0.25) is 0 Å². The molecule has 39 heavy (non-hydrogen) atoms. The highest BCUT2D eigenvalue weighted by atomic mass is 32.2. The number of halogens is 6. The number of carbonyl (C=O) groups is 2. The van der Waals surface area contributed by atoms with Crippen molar-refractivity contribution in [3.8, 4) is 5.82 Å². The lowest BCUT2D eigenvalue weighted by molar-refractivity contribution is -0.143. The van der Waals surface area contributed by atoms with Gasteiger partial charge in [0.2, 0.25) is 0 Å². The number of nitrogens with zero attached hydrogens (tertiary/aromatic N) is 6. The van der Waals surface area contributed by atoms with Crippen molar-refractivity contribution >= 4 is 21.5 Å². The first kappa shape index (κ1) is 29.7. The van der Waals surface area contributed by atoms with Gasteiger partial charge in [0, 0.05) is 23.6 Å². The number of hydrogen-bond acceptors (Lipinski definition) is 7. The molecule has 0 aliphatic carbocycles. The molecule has 2 atom stereocenters. The number of aryl methyl sites for hydroxylation is 1. The predicted molar refractivity (Wildman–Crippen MR) is 125 cm³/mol. The fourth-order valence-corrected chi connectivity index (χ4v) is 3.75. The molecule has 0 saturated carbocycles. The zero-order chi connectivity index (χ0) is 29.3. The molecule has 10 nitrogen and oxygen atoms in total. The Balaban J connectivity index is 1.96. The van der Waals surface area contributed by atoms with E-state index in [4.69, 9.17) is 0 Å². The third-order valence-electron chi connectivity index (χ3n) is 5.22. The number of benzene rings is 1. The topological polar surface area (TPSA) is 132 Å². The Morgan fingerprint density at radius 2 is 1.64 bits per heavy atom. The molecule has 1 unspecified atom stereocenters. The lowest BCUT2D eigenvalue weighted by Crippen LogP contribution is -2.29. The fourth-order valence-electron chi connectivity index (χ4n) is 3.18. The van der Waals surface area contributed by atoms with Crippen LogP contribution >= 0.6 is 0 Å². The second-order valence-corrected chi connectivity index (χ2v) is 11.0. The van der Waals surface area contributed by atoms with Crippen molar-refractivity contribution in [1.29, 1.82) is 0 Å². The van der Waals surface area contributed by atoms with Gasteiger partial charge in [-0.15, -0.1) is 5.10 Å². The summed E-state index contributed by atoms with van der Waals surface area (Å²) in [5.41, 5.74) is -4.38. The molecule has 0 aliphatic heterocycles. The maximum atomic E-state index is 13.2. The zero-order valence-electron chi connectivity index (χ0n) is 20.8. The third-order valence-corrected chi connectivity index (χ3v) is 6.85. The molecular weight excluding hydrogens is 556 g/mol. The molecule has 0 aliphatic rings. The van der Waals surface area contributed by atoms with Crippen LogP contribution in [-0.2, 0) is 22.1 Å². The zero-order valence-corrected chi connectivity index (χ0v) is 21.6. The molecule has 0 saturated heterocycles. The average molecular weight is 578 g/mol. The smallest absolute Gasteiger partial charge is 0.342 e. The van der Waals surface area contributed by atoms with Crippen LogP contribution in [-0.4, -0.2) is 52.8 Å². The largest absolute Gasteiger partial charge is 0.416 e. The normalized spacial score (nSPS) is 14.4. The standard InChI is InChI=1S/C22H21F6N7O3S/c1-5-39(4,38)34-20(37)16-9-17(30-10-29-16)35-18(32-12(3)33-35)11(2)31-19(36)13-6-14(21(23,24)25)8-15(7-13)22(26,27)28/h6-11H,5H2,1-4H3,(H,31,36)/t11-,39?/m0/s1. The van der Waals surface area contributed by atoms with E-state index in [-0.39, 0.29) is 35.0 Å². The van der Waals surface area contributed by atoms with Gasteiger partial charge in [-0.3, -0.25) is 9.59 Å². The Morgan fingerprint density at radius 3 is 2.18 bits per heavy atom. The number of alkyl halides is 6. The van der Waals surface area contributed by atoms with E-state index in [0.717, 1.165) is 11.0 Å². The lowest BCUT2D eigenvalue weighted by atomic mass is 10.0. The van der Waals surface area contributed by atoms with E-state index >= 15 is 0 Å². The molecule has 3 aromatic rings. The summed E-state index contributed by atoms with van der Waals surface area (Å²) in [6, 6.07) is 0.599. The van der Waals surface area contributed by atoms with Crippen molar-refractivity contribution in [3.63, 3.8) is 0 Å². The second kappa shape index (κ2) is 10.7. The molecule has 2 heterocycles. The predicted octanol–water partition coefficient (Wildman–Crippen LogP) is 4.15. The third kappa shape index (κ3) is 7.15. The van der Waals surface area contributed by atoms with Crippen molar-refractivity contribution in [2.45, 2.75) is 39.2 Å². The van der Waals surface area contributed by atoms with Gasteiger partial charge in [0.25, 0.3) is 5.91 Å². The minimum absolute atomic E-state index is 0.00856. The monoisotopic (exact) mass is 577 g/mol. The molecule has 17 heteroatoms. The molecule has 0 fully saturated rings. The minimum atomic E-state index is -5.13. The van der Waals surface area contributed by atoms with Crippen LogP contribution in [0.5, 0.6) is 0 Å². The summed E-state index contributed by atoms with van der Waals surface area (Å²) in [5, 5.41) is 6.44. The van der Waals surface area contributed by atoms with E-state index in [1.54, 1.807) is 6.92 Å². The second-order valence-electron chi connectivity index (χ2n) is 8.32. The SMILES string of the molecule is CCS(C)(=O)=NC(=O)c1cc(-n2nc(C)nc2[C@H](C)NC(=O)c2cc(C(F)(F)F)cc(C(F)(F)F)c2)ncn1. The van der Waals surface area contributed by atoms with Gasteiger partial charge in [-0.25, -0.2) is 19.2 Å². The summed E-state index contributed by atoms with van der Waals surface area (Å²) in [5.74, 6) is -1.85. The van der Waals surface area contributed by atoms with E-state index in [0.29, 0.717) is 12.1 Å². The maximum absolute atomic E-state index is 13.2. The van der Waals surface area contributed by atoms with Gasteiger partial charge in [0.1, 0.15) is 17.8 Å². The fraction of sp³-hybridized carbons (Fsp3) is 0.364. The van der Waals surface area contributed by atoms with Gasteiger partial charge in [0.15, 0.2) is 11.6 Å². The highest BCUT2D eigenvalue weighted by Crippen LogP contribution is 2.36. The molecule has 0 spiro atoms. The van der Waals surface area contributed by atoms with E-state index < -0.39 is 56.6 Å². The molecule has 1 aromatic carbocycles. The highest BCUT2D eigenvalue weighted by Gasteiger charge is 2.37. The molecular formula is C22H21F6N7O3S. The quantitative estimate of drug-likeness (QED) is 0.436. The van der Waals surface area contributed by atoms with E-state index in [1.807, 2.05) is 0 Å². The lowest BCUT2D eigenvalue weighted by Gasteiger charge is -2.17. The van der Waals surface area contributed by atoms with Crippen LogP contribution in [0.1, 0.15) is 63.5 Å². The number of amides is 2. The van der Waals surface area contributed by atoms with Crippen molar-refractivity contribution in [1.82, 2.24) is 30.0 Å². The maximum Gasteiger partial charge on any atom is 0.416 e. The van der Waals surface area contributed by atoms with Crippen LogP contribution in [0.3, 0.4) is 0 Å². The van der Waals surface area contributed by atoms with Crippen molar-refractivity contribution in [2.75, 3.05) is 12.0 Å². The summed E-state index contributed by atoms with van der Waals surface area (Å²) in [4.78, 5) is 37.1. The van der Waals surface area contributed by atoms with E-state index in [2.05, 4.69) is 29.7 Å². The van der Waals surface area contributed by atoms with Crippen molar-refractivity contribution in [3.05, 3.63) is 64.6 Å². The molecule has 0 radical (unpaired) electrons. The number of hydrogen-bond donors (Lipinski definition) is 1. The summed E-state index contributed by atoms with van der Waals surface area (Å²) in [7, 11) is -2.78. The van der Waals surface area contributed by atoms with Gasteiger partial charge in [-0.2, -0.15) is 35.4 Å². The van der Waals surface area contributed by atoms with Gasteiger partial charge in [-0.1, -0.05) is 6.92 Å². The number of aromatic nitrogens is 5. The molecule has 0 bridgehead atoms. The van der Waals surface area contributed by atoms with Gasteiger partial charge < -0.3 is 5.32 Å². The van der Waals surface area contributed by atoms with E-state index in [1.165, 1.54) is 26.2 Å². The molecule has 1 N–H and O–H groups in total. The van der Waals surface area contributed by atoms with Gasteiger partial charge >= 0.3 is 18.3 Å². The van der Waals surface area contributed by atoms with Crippen LogP contribution < -0.4 is 5.32 Å². The first-order chi connectivity index (χ1) is 17.9. The van der Waals surface area contributed by atoms with E-state index in [9.17, 15) is 40.1 Å². The van der Waals surface area contributed by atoms with Crippen LogP contribution in [0.15, 0.2) is 35.0 Å². The highest BCUT2D eigenvalue weighted by molar-refractivity contribution is 7.93. The molecule has 2 aromatic heterocycles. The van der Waals surface area contributed by atoms with Crippen molar-refractivity contribution in [2.24, 2.45) is 4.36 Å². The van der Waals surface area contributed by atoms with Crippen LogP contribution in [0.4, 0.5) is 26.3 Å². The Hall–Kier alpha value is -3.89.